The molecule has 2 aromatic rings. The van der Waals surface area contributed by atoms with Gasteiger partial charge in [0.25, 0.3) is 5.89 Å². The minimum Gasteiger partial charge on any atom is -0.419 e. The minimum absolute atomic E-state index is 0.0429. The standard InChI is InChI=1S/C22H27N7O2/c1-13-12-17(10-11-25-13)20-27-28-21(31-20)18(19(23)24-3)26-14(2)15-6-8-16(9-7-15)22(30)29(4)5/h6-11,17,22,30H,3,12,23H2,1-2,4-5H3/b19-18-,26-14+. The number of aliphatic hydroxyl groups excluding tert-OH is 1. The van der Waals surface area contributed by atoms with Crippen molar-refractivity contribution in [3.05, 3.63) is 65.3 Å². The van der Waals surface area contributed by atoms with Crippen molar-refractivity contribution in [3.8, 4) is 0 Å². The summed E-state index contributed by atoms with van der Waals surface area (Å²) in [6.45, 7) is 7.29. The molecule has 1 aromatic heterocycles. The molecule has 9 nitrogen and oxygen atoms in total. The van der Waals surface area contributed by atoms with Crippen LogP contribution in [0.15, 0.2) is 61.8 Å². The molecule has 0 spiro atoms. The van der Waals surface area contributed by atoms with Crippen LogP contribution in [-0.2, 0) is 0 Å². The predicted molar refractivity (Wildman–Crippen MR) is 122 cm³/mol. The minimum atomic E-state index is -0.679. The van der Waals surface area contributed by atoms with Gasteiger partial charge in [0.2, 0.25) is 5.89 Å². The monoisotopic (exact) mass is 421 g/mol. The summed E-state index contributed by atoms with van der Waals surface area (Å²) in [6, 6.07) is 7.46. The lowest BCUT2D eigenvalue weighted by Gasteiger charge is -2.18. The van der Waals surface area contributed by atoms with E-state index in [-0.39, 0.29) is 23.3 Å². The molecule has 1 aromatic carbocycles. The van der Waals surface area contributed by atoms with Crippen LogP contribution in [0.3, 0.4) is 0 Å². The zero-order valence-electron chi connectivity index (χ0n) is 18.1. The van der Waals surface area contributed by atoms with E-state index in [4.69, 9.17) is 10.2 Å². The van der Waals surface area contributed by atoms with Crippen molar-refractivity contribution in [1.29, 1.82) is 0 Å². The van der Waals surface area contributed by atoms with Crippen molar-refractivity contribution in [1.82, 2.24) is 15.1 Å². The molecule has 2 atom stereocenters. The van der Waals surface area contributed by atoms with Crippen LogP contribution in [0, 0.1) is 0 Å². The van der Waals surface area contributed by atoms with Gasteiger partial charge in [-0.2, -0.15) is 0 Å². The first-order valence-electron chi connectivity index (χ1n) is 9.80. The van der Waals surface area contributed by atoms with Gasteiger partial charge in [-0.3, -0.25) is 9.89 Å². The summed E-state index contributed by atoms with van der Waals surface area (Å²) in [7, 11) is 3.62. The van der Waals surface area contributed by atoms with Crippen LogP contribution in [0.4, 0.5) is 0 Å². The van der Waals surface area contributed by atoms with Gasteiger partial charge in [0.05, 0.1) is 5.92 Å². The molecule has 31 heavy (non-hydrogen) atoms. The third kappa shape index (κ3) is 5.19. The molecule has 162 valence electrons. The Labute approximate surface area is 181 Å². The van der Waals surface area contributed by atoms with E-state index in [9.17, 15) is 5.11 Å². The molecule has 0 bridgehead atoms. The van der Waals surface area contributed by atoms with Gasteiger partial charge < -0.3 is 15.3 Å². The first kappa shape index (κ1) is 22.3. The molecule has 0 saturated carbocycles. The molecule has 1 aliphatic rings. The Hall–Kier alpha value is -3.43. The molecule has 0 aliphatic carbocycles. The fourth-order valence-corrected chi connectivity index (χ4v) is 3.08. The van der Waals surface area contributed by atoms with E-state index in [1.54, 1.807) is 11.1 Å². The van der Waals surface area contributed by atoms with Gasteiger partial charge in [0.15, 0.2) is 11.5 Å². The Morgan fingerprint density at radius 1 is 1.29 bits per heavy atom. The maximum atomic E-state index is 10.2. The summed E-state index contributed by atoms with van der Waals surface area (Å²) >= 11 is 0. The van der Waals surface area contributed by atoms with Crippen LogP contribution < -0.4 is 5.73 Å². The smallest absolute Gasteiger partial charge is 0.270 e. The van der Waals surface area contributed by atoms with Crippen LogP contribution >= 0.6 is 0 Å². The zero-order chi connectivity index (χ0) is 22.5. The Morgan fingerprint density at radius 3 is 2.61 bits per heavy atom. The quantitative estimate of drug-likeness (QED) is 0.523. The lowest BCUT2D eigenvalue weighted by molar-refractivity contribution is 0.0395. The van der Waals surface area contributed by atoms with Gasteiger partial charge in [-0.25, -0.2) is 9.98 Å². The number of hydrogen-bond donors (Lipinski definition) is 2. The molecule has 1 aliphatic heterocycles. The average Bonchev–Trinajstić information content (AvgIpc) is 3.26. The first-order chi connectivity index (χ1) is 14.8. The normalized spacial score (nSPS) is 18.6. The molecule has 0 radical (unpaired) electrons. The van der Waals surface area contributed by atoms with E-state index in [1.165, 1.54) is 0 Å². The van der Waals surface area contributed by atoms with Crippen LogP contribution in [0.2, 0.25) is 0 Å². The van der Waals surface area contributed by atoms with Crippen molar-refractivity contribution in [2.75, 3.05) is 14.1 Å². The highest BCUT2D eigenvalue weighted by atomic mass is 16.4. The topological polar surface area (TPSA) is 125 Å². The highest BCUT2D eigenvalue weighted by Crippen LogP contribution is 2.27. The van der Waals surface area contributed by atoms with Gasteiger partial charge in [0, 0.05) is 24.0 Å². The SMILES string of the molecule is C=N/C(N)=C(\N=C(/C)c1ccc(C(O)N(C)C)cc1)c1nnc(C2C=CN=C(C)C2)o1. The lowest BCUT2D eigenvalue weighted by atomic mass is 10.0. The summed E-state index contributed by atoms with van der Waals surface area (Å²) in [5, 5.41) is 18.5. The number of aliphatic hydroxyl groups is 1. The molecule has 0 amide bonds. The van der Waals surface area contributed by atoms with Crippen LogP contribution in [-0.4, -0.2) is 52.4 Å². The second-order valence-corrected chi connectivity index (χ2v) is 7.51. The number of benzene rings is 1. The summed E-state index contributed by atoms with van der Waals surface area (Å²) in [5.41, 5.74) is 9.59. The van der Waals surface area contributed by atoms with Crippen LogP contribution in [0.25, 0.3) is 5.70 Å². The first-order valence-corrected chi connectivity index (χ1v) is 9.80. The predicted octanol–water partition coefficient (Wildman–Crippen LogP) is 2.88. The molecular weight excluding hydrogens is 394 g/mol. The third-order valence-corrected chi connectivity index (χ3v) is 4.90. The van der Waals surface area contributed by atoms with E-state index >= 15 is 0 Å². The van der Waals surface area contributed by atoms with Crippen LogP contribution in [0.1, 0.15) is 55.3 Å². The van der Waals surface area contributed by atoms with Gasteiger partial charge in [-0.1, -0.05) is 30.3 Å². The lowest BCUT2D eigenvalue weighted by Crippen LogP contribution is -2.19. The highest BCUT2D eigenvalue weighted by molar-refractivity contribution is 6.01. The summed E-state index contributed by atoms with van der Waals surface area (Å²) in [5.74, 6) is 0.682. The van der Waals surface area contributed by atoms with E-state index < -0.39 is 6.23 Å². The number of nitrogens with two attached hydrogens (primary N) is 1. The average molecular weight is 422 g/mol. The molecule has 0 saturated heterocycles. The molecule has 9 heteroatoms. The maximum Gasteiger partial charge on any atom is 0.270 e. The van der Waals surface area contributed by atoms with E-state index in [0.29, 0.717) is 18.0 Å². The van der Waals surface area contributed by atoms with Gasteiger partial charge >= 0.3 is 0 Å². The molecule has 3 N–H and O–H groups in total. The Bertz CT molecular complexity index is 1060. The van der Waals surface area contributed by atoms with Crippen molar-refractivity contribution in [2.24, 2.45) is 20.7 Å². The molecule has 0 fully saturated rings. The maximum absolute atomic E-state index is 10.2. The molecule has 2 heterocycles. The Balaban J connectivity index is 1.89. The van der Waals surface area contributed by atoms with E-state index in [2.05, 4.69) is 31.9 Å². The fraction of sp³-hybridized carbons (Fsp3) is 0.318. The number of hydrogen-bond acceptors (Lipinski definition) is 9. The molecule has 3 rings (SSSR count). The Kier molecular flexibility index (Phi) is 6.88. The van der Waals surface area contributed by atoms with Gasteiger partial charge in [-0.15, -0.1) is 10.2 Å². The highest BCUT2D eigenvalue weighted by Gasteiger charge is 2.22. The molecule has 2 unspecified atom stereocenters. The van der Waals surface area contributed by atoms with Gasteiger partial charge in [-0.05, 0) is 45.8 Å². The Morgan fingerprint density at radius 2 is 2.00 bits per heavy atom. The number of aromatic nitrogens is 2. The second-order valence-electron chi connectivity index (χ2n) is 7.51. The van der Waals surface area contributed by atoms with Crippen molar-refractivity contribution >= 4 is 23.8 Å². The number of nitrogens with zero attached hydrogens (tertiary/aromatic N) is 6. The summed E-state index contributed by atoms with van der Waals surface area (Å²) in [6.07, 6.45) is 3.69. The van der Waals surface area contributed by atoms with Gasteiger partial charge in [0.1, 0.15) is 6.23 Å². The van der Waals surface area contributed by atoms with Crippen molar-refractivity contribution in [3.63, 3.8) is 0 Å². The van der Waals surface area contributed by atoms with E-state index in [0.717, 1.165) is 16.8 Å². The number of aliphatic imine (C=N–C) groups is 3. The number of allylic oxidation sites excluding steroid dienone is 1. The zero-order valence-corrected chi connectivity index (χ0v) is 18.1. The summed E-state index contributed by atoms with van der Waals surface area (Å²) < 4.78 is 5.87. The van der Waals surface area contributed by atoms with Crippen molar-refractivity contribution in [2.45, 2.75) is 32.4 Å². The van der Waals surface area contributed by atoms with E-state index in [1.807, 2.05) is 58.3 Å². The summed E-state index contributed by atoms with van der Waals surface area (Å²) in [4.78, 5) is 14.4. The number of rotatable bonds is 7. The molecular formula is C22H27N7O2. The largest absolute Gasteiger partial charge is 0.419 e. The van der Waals surface area contributed by atoms with Crippen molar-refractivity contribution < 1.29 is 9.52 Å². The third-order valence-electron chi connectivity index (χ3n) is 4.90. The van der Waals surface area contributed by atoms with Crippen LogP contribution in [0.5, 0.6) is 0 Å². The second kappa shape index (κ2) is 9.59. The fourth-order valence-electron chi connectivity index (χ4n) is 3.08.